The lowest BCUT2D eigenvalue weighted by Crippen LogP contribution is -2.29. The molecule has 140 valence electrons. The molecule has 9 nitrogen and oxygen atoms in total. The van der Waals surface area contributed by atoms with E-state index in [0.29, 0.717) is 23.9 Å². The molecular formula is C18H15N7O2S. The van der Waals surface area contributed by atoms with Crippen LogP contribution in [0.3, 0.4) is 0 Å². The maximum absolute atomic E-state index is 12.6. The smallest absolute Gasteiger partial charge is 0.288 e. The predicted molar refractivity (Wildman–Crippen MR) is 104 cm³/mol. The summed E-state index contributed by atoms with van der Waals surface area (Å²) in [6.45, 7) is 2.53. The highest BCUT2D eigenvalue weighted by Crippen LogP contribution is 2.42. The first kappa shape index (κ1) is 16.6. The highest BCUT2D eigenvalue weighted by atomic mass is 32.1. The number of ether oxygens (including phenoxy) is 1. The van der Waals surface area contributed by atoms with Gasteiger partial charge in [-0.1, -0.05) is 23.3 Å². The van der Waals surface area contributed by atoms with Crippen molar-refractivity contribution in [3.63, 3.8) is 0 Å². The second-order valence-electron chi connectivity index (χ2n) is 6.14. The zero-order chi connectivity index (χ0) is 19.1. The van der Waals surface area contributed by atoms with Crippen molar-refractivity contribution in [2.75, 3.05) is 11.9 Å². The van der Waals surface area contributed by atoms with Crippen molar-refractivity contribution in [3.8, 4) is 16.3 Å². The number of tetrazole rings is 1. The summed E-state index contributed by atoms with van der Waals surface area (Å²) in [5, 5.41) is 23.9. The number of benzene rings is 1. The Balaban J connectivity index is 1.75. The van der Waals surface area contributed by atoms with Gasteiger partial charge in [0.05, 0.1) is 11.5 Å². The van der Waals surface area contributed by atoms with Crippen LogP contribution >= 0.6 is 11.3 Å². The molecule has 4 heterocycles. The molecule has 0 saturated heterocycles. The third-order valence-corrected chi connectivity index (χ3v) is 5.41. The van der Waals surface area contributed by atoms with Crippen LogP contribution < -0.4 is 15.6 Å². The molecule has 28 heavy (non-hydrogen) atoms. The van der Waals surface area contributed by atoms with Gasteiger partial charge in [0, 0.05) is 5.56 Å². The second-order valence-corrected chi connectivity index (χ2v) is 7.09. The zero-order valence-electron chi connectivity index (χ0n) is 14.8. The maximum atomic E-state index is 12.6. The quantitative estimate of drug-likeness (QED) is 0.483. The minimum absolute atomic E-state index is 0.319. The highest BCUT2D eigenvalue weighted by Gasteiger charge is 2.34. The largest absolute Gasteiger partial charge is 0.494 e. The molecule has 0 unspecified atom stereocenters. The van der Waals surface area contributed by atoms with Gasteiger partial charge in [-0.2, -0.15) is 9.78 Å². The number of nitrogens with one attached hydrogen (secondary N) is 2. The molecular weight excluding hydrogens is 378 g/mol. The van der Waals surface area contributed by atoms with Crippen LogP contribution in [0.5, 0.6) is 5.75 Å². The Morgan fingerprint density at radius 3 is 2.86 bits per heavy atom. The summed E-state index contributed by atoms with van der Waals surface area (Å²) >= 11 is 1.55. The van der Waals surface area contributed by atoms with E-state index >= 15 is 0 Å². The number of H-pyrrole nitrogens is 1. The van der Waals surface area contributed by atoms with Gasteiger partial charge >= 0.3 is 0 Å². The Labute approximate surface area is 163 Å². The first-order valence-corrected chi connectivity index (χ1v) is 9.58. The molecule has 10 heteroatoms. The van der Waals surface area contributed by atoms with Crippen LogP contribution in [0, 0.1) is 0 Å². The SMILES string of the molecule is CCOc1ccc([C@@H]2c3c(-c4cccs4)n[nH]c(=O)c3Nc3nnnn32)cc1. The van der Waals surface area contributed by atoms with Crippen molar-refractivity contribution >= 4 is 23.0 Å². The first-order valence-electron chi connectivity index (χ1n) is 8.70. The fourth-order valence-electron chi connectivity index (χ4n) is 3.36. The Morgan fingerprint density at radius 2 is 2.11 bits per heavy atom. The molecule has 1 aromatic carbocycles. The van der Waals surface area contributed by atoms with Crippen molar-refractivity contribution < 1.29 is 4.74 Å². The van der Waals surface area contributed by atoms with Crippen LogP contribution in [-0.4, -0.2) is 37.0 Å². The van der Waals surface area contributed by atoms with Gasteiger partial charge in [-0.05, 0) is 46.5 Å². The number of aromatic nitrogens is 6. The number of hydrogen-bond acceptors (Lipinski definition) is 8. The van der Waals surface area contributed by atoms with E-state index in [1.807, 2.05) is 48.7 Å². The first-order chi connectivity index (χ1) is 13.8. The van der Waals surface area contributed by atoms with E-state index < -0.39 is 6.04 Å². The summed E-state index contributed by atoms with van der Waals surface area (Å²) in [6.07, 6.45) is 0. The molecule has 2 N–H and O–H groups in total. The number of thiophene rings is 1. The van der Waals surface area contributed by atoms with E-state index in [9.17, 15) is 4.79 Å². The monoisotopic (exact) mass is 393 g/mol. The van der Waals surface area contributed by atoms with Gasteiger partial charge in [-0.15, -0.1) is 11.3 Å². The maximum Gasteiger partial charge on any atom is 0.288 e. The summed E-state index contributed by atoms with van der Waals surface area (Å²) in [5.41, 5.74) is 2.43. The normalized spacial score (nSPS) is 14.8. The third kappa shape index (κ3) is 2.57. The lowest BCUT2D eigenvalue weighted by molar-refractivity contribution is 0.340. The molecule has 0 saturated carbocycles. The van der Waals surface area contributed by atoms with E-state index in [2.05, 4.69) is 31.0 Å². The van der Waals surface area contributed by atoms with Gasteiger partial charge in [0.2, 0.25) is 5.95 Å². The third-order valence-electron chi connectivity index (χ3n) is 4.53. The van der Waals surface area contributed by atoms with Crippen LogP contribution in [-0.2, 0) is 0 Å². The van der Waals surface area contributed by atoms with E-state index in [1.165, 1.54) is 0 Å². The van der Waals surface area contributed by atoms with Crippen molar-refractivity contribution in [2.45, 2.75) is 13.0 Å². The molecule has 0 fully saturated rings. The van der Waals surface area contributed by atoms with E-state index in [4.69, 9.17) is 4.74 Å². The Kier molecular flexibility index (Phi) is 3.90. The van der Waals surface area contributed by atoms with Crippen molar-refractivity contribution in [1.29, 1.82) is 0 Å². The zero-order valence-corrected chi connectivity index (χ0v) is 15.6. The molecule has 1 atom stereocenters. The van der Waals surface area contributed by atoms with Crippen LogP contribution in [0.2, 0.25) is 0 Å². The van der Waals surface area contributed by atoms with Gasteiger partial charge < -0.3 is 10.1 Å². The van der Waals surface area contributed by atoms with E-state index in [-0.39, 0.29) is 5.56 Å². The number of anilines is 2. The number of aromatic amines is 1. The topological polar surface area (TPSA) is 111 Å². The standard InChI is InChI=1S/C18H15N7O2S/c1-2-27-11-7-5-10(6-8-11)16-13-14(12-4-3-9-28-12)20-21-17(26)15(13)19-18-22-23-24-25(16)18/h3-9,16H,2H2,1H3,(H,21,26)(H,19,22,24)/t16-/m1/s1. The number of hydrogen-bond donors (Lipinski definition) is 2. The molecule has 0 radical (unpaired) electrons. The number of nitrogens with zero attached hydrogens (tertiary/aromatic N) is 5. The number of fused-ring (bicyclic) bond motifs is 2. The van der Waals surface area contributed by atoms with Gasteiger partial charge in [0.1, 0.15) is 23.2 Å². The van der Waals surface area contributed by atoms with Crippen LogP contribution in [0.15, 0.2) is 46.6 Å². The lowest BCUT2D eigenvalue weighted by atomic mass is 9.94. The molecule has 1 aliphatic heterocycles. The van der Waals surface area contributed by atoms with Gasteiger partial charge in [-0.3, -0.25) is 4.79 Å². The molecule has 3 aromatic heterocycles. The van der Waals surface area contributed by atoms with E-state index in [1.54, 1.807) is 16.0 Å². The van der Waals surface area contributed by atoms with Crippen molar-refractivity contribution in [2.24, 2.45) is 0 Å². The van der Waals surface area contributed by atoms with Gasteiger partial charge in [-0.25, -0.2) is 5.10 Å². The van der Waals surface area contributed by atoms with Crippen molar-refractivity contribution in [3.05, 3.63) is 63.3 Å². The summed E-state index contributed by atoms with van der Waals surface area (Å²) in [5.74, 6) is 1.18. The molecule has 5 rings (SSSR count). The summed E-state index contributed by atoms with van der Waals surface area (Å²) < 4.78 is 7.21. The van der Waals surface area contributed by atoms with Crippen LogP contribution in [0.1, 0.15) is 24.1 Å². The van der Waals surface area contributed by atoms with Crippen molar-refractivity contribution in [1.82, 2.24) is 30.4 Å². The molecule has 0 bridgehead atoms. The Hall–Kier alpha value is -3.53. The molecule has 4 aromatic rings. The van der Waals surface area contributed by atoms with Crippen LogP contribution in [0.25, 0.3) is 10.6 Å². The van der Waals surface area contributed by atoms with Gasteiger partial charge in [0.15, 0.2) is 0 Å². The van der Waals surface area contributed by atoms with Gasteiger partial charge in [0.25, 0.3) is 5.56 Å². The summed E-state index contributed by atoms with van der Waals surface area (Å²) in [4.78, 5) is 13.5. The van der Waals surface area contributed by atoms with Crippen LogP contribution in [0.4, 0.5) is 11.6 Å². The average Bonchev–Trinajstić information content (AvgIpc) is 3.40. The molecule has 0 spiro atoms. The average molecular weight is 393 g/mol. The fourth-order valence-corrected chi connectivity index (χ4v) is 4.09. The fraction of sp³-hybridized carbons (Fsp3) is 0.167. The van der Waals surface area contributed by atoms with E-state index in [0.717, 1.165) is 21.8 Å². The minimum Gasteiger partial charge on any atom is -0.494 e. The summed E-state index contributed by atoms with van der Waals surface area (Å²) in [6, 6.07) is 11.2. The Bertz CT molecular complexity index is 1180. The lowest BCUT2D eigenvalue weighted by Gasteiger charge is -2.27. The Morgan fingerprint density at radius 1 is 1.25 bits per heavy atom. The number of rotatable bonds is 4. The molecule has 1 aliphatic rings. The molecule has 0 aliphatic carbocycles. The highest BCUT2D eigenvalue weighted by molar-refractivity contribution is 7.13. The molecule has 0 amide bonds. The summed E-state index contributed by atoms with van der Waals surface area (Å²) in [7, 11) is 0. The minimum atomic E-state index is -0.399. The predicted octanol–water partition coefficient (Wildman–Crippen LogP) is 2.58. The second kappa shape index (κ2) is 6.57.